The smallest absolute Gasteiger partial charge is 0.206 e. The van der Waals surface area contributed by atoms with Gasteiger partial charge >= 0.3 is 0 Å². The Morgan fingerprint density at radius 1 is 1.14 bits per heavy atom. The van der Waals surface area contributed by atoms with Crippen molar-refractivity contribution in [1.29, 1.82) is 0 Å². The maximum absolute atomic E-state index is 4.95. The van der Waals surface area contributed by atoms with E-state index in [9.17, 15) is 0 Å². The van der Waals surface area contributed by atoms with Crippen LogP contribution in [0.3, 0.4) is 0 Å². The molecule has 3 heterocycles. The van der Waals surface area contributed by atoms with Crippen LogP contribution in [0.15, 0.2) is 18.2 Å². The quantitative estimate of drug-likeness (QED) is 0.847. The van der Waals surface area contributed by atoms with Gasteiger partial charge in [0, 0.05) is 25.7 Å². The van der Waals surface area contributed by atoms with Crippen molar-refractivity contribution >= 4 is 17.0 Å². The van der Waals surface area contributed by atoms with E-state index in [2.05, 4.69) is 46.7 Å². The summed E-state index contributed by atoms with van der Waals surface area (Å²) in [7, 11) is 4.39. The molecule has 1 fully saturated rings. The number of piperidine rings is 1. The first-order valence-electron chi connectivity index (χ1n) is 8.13. The zero-order chi connectivity index (χ0) is 14.4. The van der Waals surface area contributed by atoms with Crippen LogP contribution in [0.4, 0.5) is 5.95 Å². The van der Waals surface area contributed by atoms with Gasteiger partial charge in [-0.3, -0.25) is 0 Å². The first-order chi connectivity index (χ1) is 10.2. The number of nitrogens with zero attached hydrogens (tertiary/aromatic N) is 4. The second kappa shape index (κ2) is 5.02. The summed E-state index contributed by atoms with van der Waals surface area (Å²) >= 11 is 0. The van der Waals surface area contributed by atoms with E-state index in [0.29, 0.717) is 0 Å². The van der Waals surface area contributed by atoms with Gasteiger partial charge in [0.25, 0.3) is 0 Å². The Bertz CT molecular complexity index is 650. The van der Waals surface area contributed by atoms with Gasteiger partial charge in [-0.05, 0) is 51.4 Å². The number of anilines is 1. The molecule has 1 aromatic carbocycles. The van der Waals surface area contributed by atoms with Crippen molar-refractivity contribution in [2.75, 3.05) is 32.1 Å². The van der Waals surface area contributed by atoms with E-state index in [0.717, 1.165) is 25.7 Å². The lowest BCUT2D eigenvalue weighted by atomic mass is 10.0. The maximum atomic E-state index is 4.95. The van der Waals surface area contributed by atoms with E-state index < -0.39 is 0 Å². The fourth-order valence-electron chi connectivity index (χ4n) is 3.91. The van der Waals surface area contributed by atoms with E-state index in [1.54, 1.807) is 0 Å². The molecule has 0 unspecified atom stereocenters. The molecule has 112 valence electrons. The summed E-state index contributed by atoms with van der Waals surface area (Å²) in [5.74, 6) is 1.20. The van der Waals surface area contributed by atoms with Gasteiger partial charge in [0.2, 0.25) is 5.95 Å². The zero-order valence-corrected chi connectivity index (χ0v) is 13.0. The van der Waals surface area contributed by atoms with Gasteiger partial charge in [0.05, 0.1) is 11.0 Å². The Labute approximate surface area is 126 Å². The van der Waals surface area contributed by atoms with Gasteiger partial charge in [0.1, 0.15) is 0 Å². The average molecular weight is 284 g/mol. The summed E-state index contributed by atoms with van der Waals surface area (Å²) < 4.78 is 2.46. The predicted molar refractivity (Wildman–Crippen MR) is 87.0 cm³/mol. The van der Waals surface area contributed by atoms with Crippen molar-refractivity contribution in [2.45, 2.75) is 38.3 Å². The van der Waals surface area contributed by atoms with E-state index >= 15 is 0 Å². The highest BCUT2D eigenvalue weighted by Crippen LogP contribution is 2.31. The summed E-state index contributed by atoms with van der Waals surface area (Å²) in [6, 6.07) is 7.31. The number of para-hydroxylation sites is 1. The molecule has 0 radical (unpaired) electrons. The Morgan fingerprint density at radius 3 is 2.71 bits per heavy atom. The molecule has 2 aliphatic rings. The molecule has 4 heteroatoms. The number of benzene rings is 1. The topological polar surface area (TPSA) is 24.3 Å². The molecule has 0 N–H and O–H groups in total. The molecule has 0 bridgehead atoms. The van der Waals surface area contributed by atoms with Gasteiger partial charge < -0.3 is 14.4 Å². The van der Waals surface area contributed by atoms with Crippen LogP contribution in [0.25, 0.3) is 11.0 Å². The molecular weight excluding hydrogens is 260 g/mol. The van der Waals surface area contributed by atoms with E-state index in [-0.39, 0.29) is 0 Å². The molecule has 4 nitrogen and oxygen atoms in total. The van der Waals surface area contributed by atoms with Gasteiger partial charge in [-0.2, -0.15) is 0 Å². The highest BCUT2D eigenvalue weighted by Gasteiger charge is 2.26. The minimum Gasteiger partial charge on any atom is -0.342 e. The molecular formula is C17H24N4. The largest absolute Gasteiger partial charge is 0.342 e. The zero-order valence-electron chi connectivity index (χ0n) is 13.0. The molecule has 1 aromatic heterocycles. The molecule has 0 atom stereocenters. The molecule has 0 aliphatic carbocycles. The summed E-state index contributed by atoms with van der Waals surface area (Å²) in [6.07, 6.45) is 4.92. The number of aromatic nitrogens is 2. The van der Waals surface area contributed by atoms with Crippen molar-refractivity contribution in [3.8, 4) is 0 Å². The standard InChI is InChI=1S/C17H24N4/c1-19(2)14-8-11-20(12-9-14)17-18-15-7-3-5-13-6-4-10-21(17)16(13)15/h3,5,7,14H,4,6,8-12H2,1-2H3. The monoisotopic (exact) mass is 284 g/mol. The molecule has 2 aromatic rings. The average Bonchev–Trinajstić information content (AvgIpc) is 2.89. The minimum absolute atomic E-state index is 0.725. The third-order valence-corrected chi connectivity index (χ3v) is 5.14. The Hall–Kier alpha value is -1.55. The summed E-state index contributed by atoms with van der Waals surface area (Å²) in [5, 5.41) is 0. The maximum Gasteiger partial charge on any atom is 0.206 e. The van der Waals surface area contributed by atoms with Crippen LogP contribution in [0.2, 0.25) is 0 Å². The second-order valence-electron chi connectivity index (χ2n) is 6.63. The van der Waals surface area contributed by atoms with Crippen LogP contribution in [-0.2, 0) is 13.0 Å². The Balaban J connectivity index is 1.68. The summed E-state index contributed by atoms with van der Waals surface area (Å²) in [6.45, 7) is 3.37. The van der Waals surface area contributed by atoms with Crippen molar-refractivity contribution < 1.29 is 0 Å². The van der Waals surface area contributed by atoms with Crippen LogP contribution >= 0.6 is 0 Å². The predicted octanol–water partition coefficient (Wildman–Crippen LogP) is 2.51. The van der Waals surface area contributed by atoms with Crippen LogP contribution in [0, 0.1) is 0 Å². The van der Waals surface area contributed by atoms with Gasteiger partial charge in [0.15, 0.2) is 0 Å². The third-order valence-electron chi connectivity index (χ3n) is 5.14. The van der Waals surface area contributed by atoms with Gasteiger partial charge in [-0.15, -0.1) is 0 Å². The number of hydrogen-bond acceptors (Lipinski definition) is 3. The first-order valence-corrected chi connectivity index (χ1v) is 8.13. The molecule has 4 rings (SSSR count). The van der Waals surface area contributed by atoms with Crippen molar-refractivity contribution in [1.82, 2.24) is 14.5 Å². The molecule has 0 amide bonds. The fraction of sp³-hybridized carbons (Fsp3) is 0.588. The van der Waals surface area contributed by atoms with Gasteiger partial charge in [-0.1, -0.05) is 12.1 Å². The van der Waals surface area contributed by atoms with E-state index in [4.69, 9.17) is 4.98 Å². The molecule has 1 saturated heterocycles. The lowest BCUT2D eigenvalue weighted by Crippen LogP contribution is -2.43. The summed E-state index contributed by atoms with van der Waals surface area (Å²) in [5.41, 5.74) is 4.03. The van der Waals surface area contributed by atoms with Crippen LogP contribution in [0.5, 0.6) is 0 Å². The second-order valence-corrected chi connectivity index (χ2v) is 6.63. The van der Waals surface area contributed by atoms with E-state index in [1.165, 1.54) is 48.2 Å². The molecule has 0 saturated carbocycles. The Morgan fingerprint density at radius 2 is 1.95 bits per heavy atom. The first kappa shape index (κ1) is 13.1. The summed E-state index contributed by atoms with van der Waals surface area (Å²) in [4.78, 5) is 9.81. The van der Waals surface area contributed by atoms with Crippen LogP contribution in [0.1, 0.15) is 24.8 Å². The number of imidazole rings is 1. The third kappa shape index (κ3) is 2.13. The minimum atomic E-state index is 0.725. The number of aryl methyl sites for hydroxylation is 2. The van der Waals surface area contributed by atoms with Crippen LogP contribution < -0.4 is 4.90 Å². The number of hydrogen-bond donors (Lipinski definition) is 0. The molecule has 21 heavy (non-hydrogen) atoms. The normalized spacial score (nSPS) is 19.7. The van der Waals surface area contributed by atoms with Crippen LogP contribution in [-0.4, -0.2) is 47.7 Å². The molecule has 0 spiro atoms. The van der Waals surface area contributed by atoms with Gasteiger partial charge in [-0.25, -0.2) is 4.98 Å². The fourth-order valence-corrected chi connectivity index (χ4v) is 3.91. The van der Waals surface area contributed by atoms with E-state index in [1.807, 2.05) is 0 Å². The SMILES string of the molecule is CN(C)C1CCN(c2nc3cccc4c3n2CCC4)CC1. The van der Waals surface area contributed by atoms with Crippen molar-refractivity contribution in [3.63, 3.8) is 0 Å². The lowest BCUT2D eigenvalue weighted by Gasteiger charge is -2.36. The Kier molecular flexibility index (Phi) is 3.14. The highest BCUT2D eigenvalue weighted by molar-refractivity contribution is 5.82. The lowest BCUT2D eigenvalue weighted by molar-refractivity contribution is 0.248. The van der Waals surface area contributed by atoms with Crippen molar-refractivity contribution in [3.05, 3.63) is 23.8 Å². The van der Waals surface area contributed by atoms with Crippen molar-refractivity contribution in [2.24, 2.45) is 0 Å². The molecule has 2 aliphatic heterocycles. The highest BCUT2D eigenvalue weighted by atomic mass is 15.3. The number of rotatable bonds is 2.